The Hall–Kier alpha value is -2.11. The number of thioether (sulfide) groups is 1. The summed E-state index contributed by atoms with van der Waals surface area (Å²) in [5.41, 5.74) is 2.40. The summed E-state index contributed by atoms with van der Waals surface area (Å²) in [6.07, 6.45) is 1.68. The third-order valence-electron chi connectivity index (χ3n) is 3.26. The number of nitrogens with zero attached hydrogens (tertiary/aromatic N) is 1. The van der Waals surface area contributed by atoms with Gasteiger partial charge in [-0.2, -0.15) is 0 Å². The lowest BCUT2D eigenvalue weighted by atomic mass is 10.0. The van der Waals surface area contributed by atoms with Gasteiger partial charge in [0.1, 0.15) is 0 Å². The molecule has 116 valence electrons. The summed E-state index contributed by atoms with van der Waals surface area (Å²) in [6, 6.07) is 20.5. The Morgan fingerprint density at radius 1 is 1.04 bits per heavy atom. The van der Waals surface area contributed by atoms with Gasteiger partial charge < -0.3 is 5.32 Å². The topological polar surface area (TPSA) is 42.0 Å². The van der Waals surface area contributed by atoms with E-state index in [4.69, 9.17) is 0 Å². The molecule has 0 saturated heterocycles. The highest BCUT2D eigenvalue weighted by Gasteiger charge is 2.16. The Morgan fingerprint density at radius 3 is 2.17 bits per heavy atom. The van der Waals surface area contributed by atoms with Crippen molar-refractivity contribution in [2.75, 3.05) is 11.1 Å². The molecule has 5 heteroatoms. The number of rotatable bonds is 6. The van der Waals surface area contributed by atoms with E-state index in [0.29, 0.717) is 10.9 Å². The minimum absolute atomic E-state index is 0.0261. The second kappa shape index (κ2) is 7.94. The van der Waals surface area contributed by atoms with Crippen LogP contribution >= 0.6 is 23.1 Å². The van der Waals surface area contributed by atoms with E-state index >= 15 is 0 Å². The normalized spacial score (nSPS) is 10.7. The molecule has 1 amide bonds. The van der Waals surface area contributed by atoms with Crippen LogP contribution in [-0.4, -0.2) is 16.6 Å². The van der Waals surface area contributed by atoms with Crippen LogP contribution in [0.4, 0.5) is 5.13 Å². The lowest BCUT2D eigenvalue weighted by molar-refractivity contribution is -0.113. The van der Waals surface area contributed by atoms with Crippen LogP contribution in [0.25, 0.3) is 0 Å². The average Bonchev–Trinajstić information content (AvgIpc) is 3.10. The monoisotopic (exact) mass is 340 g/mol. The Bertz CT molecular complexity index is 691. The number of hydrogen-bond acceptors (Lipinski definition) is 4. The molecular weight excluding hydrogens is 324 g/mol. The number of thiazole rings is 1. The molecule has 0 atom stereocenters. The highest BCUT2D eigenvalue weighted by Crippen LogP contribution is 2.35. The predicted molar refractivity (Wildman–Crippen MR) is 97.9 cm³/mol. The maximum absolute atomic E-state index is 12.1. The van der Waals surface area contributed by atoms with Crippen LogP contribution in [0.15, 0.2) is 72.2 Å². The molecule has 3 nitrogen and oxygen atoms in total. The van der Waals surface area contributed by atoms with E-state index in [-0.39, 0.29) is 11.2 Å². The standard InChI is InChI=1S/C18H16N2OS2/c21-16(20-18-19-11-12-22-18)13-23-17(14-7-3-1-4-8-14)15-9-5-2-6-10-15/h1-12,17H,13H2,(H,19,20,21). The van der Waals surface area contributed by atoms with Gasteiger partial charge in [-0.1, -0.05) is 60.7 Å². The number of carbonyl (C=O) groups excluding carboxylic acids is 1. The van der Waals surface area contributed by atoms with E-state index in [2.05, 4.69) is 34.6 Å². The van der Waals surface area contributed by atoms with Crippen molar-refractivity contribution in [3.8, 4) is 0 Å². The Balaban J connectivity index is 1.71. The summed E-state index contributed by atoms with van der Waals surface area (Å²) in [6.45, 7) is 0. The second-order valence-corrected chi connectivity index (χ2v) is 6.89. The first-order valence-corrected chi connectivity index (χ1v) is 9.16. The second-order valence-electron chi connectivity index (χ2n) is 4.90. The lowest BCUT2D eigenvalue weighted by Crippen LogP contribution is -2.15. The van der Waals surface area contributed by atoms with Gasteiger partial charge in [0.2, 0.25) is 5.91 Å². The largest absolute Gasteiger partial charge is 0.301 e. The van der Waals surface area contributed by atoms with Crippen molar-refractivity contribution in [3.05, 3.63) is 83.4 Å². The van der Waals surface area contributed by atoms with Gasteiger partial charge in [0.25, 0.3) is 0 Å². The van der Waals surface area contributed by atoms with Crippen molar-refractivity contribution >= 4 is 34.1 Å². The summed E-state index contributed by atoms with van der Waals surface area (Å²) in [4.78, 5) is 16.2. The molecular formula is C18H16N2OS2. The van der Waals surface area contributed by atoms with Crippen molar-refractivity contribution in [2.24, 2.45) is 0 Å². The van der Waals surface area contributed by atoms with Crippen LogP contribution in [0.3, 0.4) is 0 Å². The molecule has 0 aliphatic carbocycles. The van der Waals surface area contributed by atoms with Crippen molar-refractivity contribution in [3.63, 3.8) is 0 Å². The minimum atomic E-state index is -0.0261. The van der Waals surface area contributed by atoms with Gasteiger partial charge in [0.05, 0.1) is 11.0 Å². The first kappa shape index (κ1) is 15.8. The molecule has 3 rings (SSSR count). The molecule has 2 aromatic carbocycles. The number of hydrogen-bond donors (Lipinski definition) is 1. The van der Waals surface area contributed by atoms with Gasteiger partial charge in [-0.25, -0.2) is 4.98 Å². The first-order chi connectivity index (χ1) is 11.3. The van der Waals surface area contributed by atoms with Crippen LogP contribution in [0.5, 0.6) is 0 Å². The Kier molecular flexibility index (Phi) is 5.45. The highest BCUT2D eigenvalue weighted by atomic mass is 32.2. The Labute approximate surface area is 143 Å². The van der Waals surface area contributed by atoms with Crippen molar-refractivity contribution in [2.45, 2.75) is 5.25 Å². The molecule has 0 aliphatic heterocycles. The van der Waals surface area contributed by atoms with E-state index in [0.717, 1.165) is 0 Å². The fourth-order valence-corrected chi connectivity index (χ4v) is 3.87. The van der Waals surface area contributed by atoms with Gasteiger partial charge in [-0.15, -0.1) is 23.1 Å². The number of anilines is 1. The van der Waals surface area contributed by atoms with E-state index in [1.54, 1.807) is 18.0 Å². The van der Waals surface area contributed by atoms with Gasteiger partial charge in [0.15, 0.2) is 5.13 Å². The van der Waals surface area contributed by atoms with Crippen LogP contribution in [0.1, 0.15) is 16.4 Å². The molecule has 0 fully saturated rings. The third kappa shape index (κ3) is 4.43. The first-order valence-electron chi connectivity index (χ1n) is 7.24. The molecule has 3 aromatic rings. The summed E-state index contributed by atoms with van der Waals surface area (Å²) in [5, 5.41) is 5.46. The SMILES string of the molecule is O=C(CSC(c1ccccc1)c1ccccc1)Nc1nccs1. The van der Waals surface area contributed by atoms with Gasteiger partial charge >= 0.3 is 0 Å². The molecule has 0 radical (unpaired) electrons. The molecule has 0 unspecified atom stereocenters. The molecule has 0 spiro atoms. The fourth-order valence-electron chi connectivity index (χ4n) is 2.24. The molecule has 1 aromatic heterocycles. The quantitative estimate of drug-likeness (QED) is 0.713. The fraction of sp³-hybridized carbons (Fsp3) is 0.111. The van der Waals surface area contributed by atoms with Gasteiger partial charge in [0, 0.05) is 11.6 Å². The van der Waals surface area contributed by atoms with Crippen LogP contribution in [-0.2, 0) is 4.79 Å². The number of amides is 1. The zero-order valence-electron chi connectivity index (χ0n) is 12.4. The summed E-state index contributed by atoms with van der Waals surface area (Å²) >= 11 is 3.05. The average molecular weight is 340 g/mol. The molecule has 0 aliphatic rings. The highest BCUT2D eigenvalue weighted by molar-refractivity contribution is 8.00. The smallest absolute Gasteiger partial charge is 0.236 e. The molecule has 23 heavy (non-hydrogen) atoms. The maximum atomic E-state index is 12.1. The molecule has 1 N–H and O–H groups in total. The van der Waals surface area contributed by atoms with E-state index in [1.165, 1.54) is 22.5 Å². The van der Waals surface area contributed by atoms with E-state index < -0.39 is 0 Å². The van der Waals surface area contributed by atoms with Crippen LogP contribution < -0.4 is 5.32 Å². The zero-order chi connectivity index (χ0) is 15.9. The van der Waals surface area contributed by atoms with Crippen LogP contribution in [0, 0.1) is 0 Å². The lowest BCUT2D eigenvalue weighted by Gasteiger charge is -2.17. The molecule has 0 saturated carbocycles. The zero-order valence-corrected chi connectivity index (χ0v) is 14.0. The van der Waals surface area contributed by atoms with Gasteiger partial charge in [-0.05, 0) is 11.1 Å². The summed E-state index contributed by atoms with van der Waals surface area (Å²) in [7, 11) is 0. The maximum Gasteiger partial charge on any atom is 0.236 e. The summed E-state index contributed by atoms with van der Waals surface area (Å²) < 4.78 is 0. The number of nitrogens with one attached hydrogen (secondary N) is 1. The molecule has 1 heterocycles. The minimum Gasteiger partial charge on any atom is -0.301 e. The van der Waals surface area contributed by atoms with Crippen molar-refractivity contribution < 1.29 is 4.79 Å². The van der Waals surface area contributed by atoms with Crippen molar-refractivity contribution in [1.29, 1.82) is 0 Å². The van der Waals surface area contributed by atoms with Crippen molar-refractivity contribution in [1.82, 2.24) is 4.98 Å². The van der Waals surface area contributed by atoms with E-state index in [1.807, 2.05) is 41.8 Å². The summed E-state index contributed by atoms with van der Waals surface area (Å²) in [5.74, 6) is 0.357. The third-order valence-corrected chi connectivity index (χ3v) is 5.26. The number of benzene rings is 2. The number of carbonyl (C=O) groups is 1. The van der Waals surface area contributed by atoms with Gasteiger partial charge in [-0.3, -0.25) is 4.79 Å². The van der Waals surface area contributed by atoms with E-state index in [9.17, 15) is 4.79 Å². The number of aromatic nitrogens is 1. The molecule has 0 bridgehead atoms. The Morgan fingerprint density at radius 2 is 1.65 bits per heavy atom. The predicted octanol–water partition coefficient (Wildman–Crippen LogP) is 4.60. The van der Waals surface area contributed by atoms with Crippen LogP contribution in [0.2, 0.25) is 0 Å².